The maximum atomic E-state index is 9.48. The number of nitrogens with zero attached hydrogens (tertiary/aromatic N) is 1. The van der Waals surface area contributed by atoms with Gasteiger partial charge in [0.15, 0.2) is 0 Å². The van der Waals surface area contributed by atoms with Crippen LogP contribution in [0, 0.1) is 11.3 Å². The largest absolute Gasteiger partial charge is 0.299 e. The maximum absolute atomic E-state index is 9.48. The molecule has 0 aromatic heterocycles. The average molecular weight is 95.1 g/mol. The van der Waals surface area contributed by atoms with Crippen molar-refractivity contribution in [3.8, 4) is 6.07 Å². The van der Waals surface area contributed by atoms with Crippen molar-refractivity contribution in [1.82, 2.24) is 0 Å². The van der Waals surface area contributed by atoms with Crippen LogP contribution in [-0.4, -0.2) is 6.29 Å². The second-order valence-electron chi connectivity index (χ2n) is 0.926. The molecule has 0 aliphatic rings. The molecule has 0 fully saturated rings. The Kier molecular flexibility index (Phi) is 4.13. The minimum atomic E-state index is 0.318. The lowest BCUT2D eigenvalue weighted by atomic mass is 10.4. The monoisotopic (exact) mass is 95.0 g/mol. The molecule has 7 heavy (non-hydrogen) atoms. The first-order valence-electron chi connectivity index (χ1n) is 1.89. The molecule has 0 aromatic rings. The highest BCUT2D eigenvalue weighted by Gasteiger charge is 1.65. The molecule has 0 unspecified atom stereocenters. The summed E-state index contributed by atoms with van der Waals surface area (Å²) in [5.74, 6) is 0. The minimum absolute atomic E-state index is 0.318. The Balaban J connectivity index is 3.13. The quantitative estimate of drug-likeness (QED) is 0.373. The van der Waals surface area contributed by atoms with Crippen LogP contribution in [0.3, 0.4) is 0 Å². The van der Waals surface area contributed by atoms with E-state index in [-0.39, 0.29) is 0 Å². The highest BCUT2D eigenvalue weighted by Crippen LogP contribution is 1.73. The molecule has 0 saturated heterocycles. The number of aldehydes is 1. The van der Waals surface area contributed by atoms with Crippen LogP contribution in [-0.2, 0) is 4.79 Å². The van der Waals surface area contributed by atoms with Crippen molar-refractivity contribution >= 4 is 6.29 Å². The summed E-state index contributed by atoms with van der Waals surface area (Å²) in [6.07, 6.45) is 3.78. The third-order valence-corrected chi connectivity index (χ3v) is 0.424. The molecule has 2 nitrogen and oxygen atoms in total. The molecule has 0 radical (unpaired) electrons. The average Bonchev–Trinajstić information content (AvgIpc) is 1.69. The van der Waals surface area contributed by atoms with Crippen molar-refractivity contribution in [2.24, 2.45) is 0 Å². The number of carbonyl (C=O) groups excluding carboxylic acids is 1. The zero-order valence-electron chi connectivity index (χ0n) is 3.79. The van der Waals surface area contributed by atoms with Crippen LogP contribution in [0.1, 0.15) is 6.42 Å². The predicted octanol–water partition coefficient (Wildman–Crippen LogP) is 0.655. The summed E-state index contributed by atoms with van der Waals surface area (Å²) < 4.78 is 0. The number of rotatable bonds is 2. The number of hydrogen-bond acceptors (Lipinski definition) is 2. The molecule has 0 spiro atoms. The third-order valence-electron chi connectivity index (χ3n) is 0.424. The maximum Gasteiger partial charge on any atom is 0.142 e. The van der Waals surface area contributed by atoms with E-state index >= 15 is 0 Å². The molecule has 36 valence electrons. The van der Waals surface area contributed by atoms with Crippen molar-refractivity contribution in [2.45, 2.75) is 6.42 Å². The van der Waals surface area contributed by atoms with Gasteiger partial charge < -0.3 is 0 Å². The first-order chi connectivity index (χ1) is 3.41. The third kappa shape index (κ3) is 4.90. The van der Waals surface area contributed by atoms with E-state index in [1.165, 1.54) is 12.2 Å². The normalized spacial score (nSPS) is 8.43. The van der Waals surface area contributed by atoms with Gasteiger partial charge in [0.2, 0.25) is 0 Å². The van der Waals surface area contributed by atoms with Gasteiger partial charge in [0, 0.05) is 0 Å². The molecule has 2 heteroatoms. The topological polar surface area (TPSA) is 40.9 Å². The van der Waals surface area contributed by atoms with E-state index in [0.717, 1.165) is 0 Å². The first-order valence-corrected chi connectivity index (χ1v) is 1.89. The van der Waals surface area contributed by atoms with Gasteiger partial charge in [-0.1, -0.05) is 6.08 Å². The smallest absolute Gasteiger partial charge is 0.142 e. The molecule has 0 aromatic carbocycles. The lowest BCUT2D eigenvalue weighted by Gasteiger charge is -1.63. The van der Waals surface area contributed by atoms with Gasteiger partial charge >= 0.3 is 0 Å². The van der Waals surface area contributed by atoms with E-state index in [0.29, 0.717) is 12.7 Å². The van der Waals surface area contributed by atoms with Crippen LogP contribution >= 0.6 is 0 Å². The molecular formula is C5H5NO. The van der Waals surface area contributed by atoms with Gasteiger partial charge in [0.05, 0.1) is 12.5 Å². The molecule has 0 amide bonds. The van der Waals surface area contributed by atoms with Crippen molar-refractivity contribution in [2.75, 3.05) is 0 Å². The first kappa shape index (κ1) is 5.90. The van der Waals surface area contributed by atoms with Gasteiger partial charge in [0.1, 0.15) is 6.29 Å². The van der Waals surface area contributed by atoms with Gasteiger partial charge in [-0.3, -0.25) is 4.79 Å². The van der Waals surface area contributed by atoms with E-state index in [1.54, 1.807) is 0 Å². The number of nitriles is 1. The summed E-state index contributed by atoms with van der Waals surface area (Å²) in [5.41, 5.74) is 0. The van der Waals surface area contributed by atoms with Gasteiger partial charge in [-0.2, -0.15) is 5.26 Å². The number of allylic oxidation sites excluding steroid dienone is 2. The van der Waals surface area contributed by atoms with Crippen LogP contribution in [0.4, 0.5) is 0 Å². The van der Waals surface area contributed by atoms with E-state index < -0.39 is 0 Å². The second-order valence-corrected chi connectivity index (χ2v) is 0.926. The number of hydrogen-bond donors (Lipinski definition) is 0. The van der Waals surface area contributed by atoms with E-state index in [2.05, 4.69) is 0 Å². The van der Waals surface area contributed by atoms with Crippen LogP contribution < -0.4 is 0 Å². The summed E-state index contributed by atoms with van der Waals surface area (Å²) in [4.78, 5) is 9.48. The molecule has 0 saturated carbocycles. The van der Waals surface area contributed by atoms with Crippen molar-refractivity contribution in [3.63, 3.8) is 0 Å². The van der Waals surface area contributed by atoms with Crippen molar-refractivity contribution in [3.05, 3.63) is 12.2 Å². The molecule has 0 bridgehead atoms. The van der Waals surface area contributed by atoms with Gasteiger partial charge in [-0.25, -0.2) is 0 Å². The summed E-state index contributed by atoms with van der Waals surface area (Å²) in [5, 5.41) is 7.88. The highest BCUT2D eigenvalue weighted by atomic mass is 16.1. The van der Waals surface area contributed by atoms with Crippen molar-refractivity contribution in [1.29, 1.82) is 5.26 Å². The highest BCUT2D eigenvalue weighted by molar-refractivity contribution is 5.64. The SMILES string of the molecule is N#CC/C=C/C=O. The molecule has 0 heterocycles. The van der Waals surface area contributed by atoms with E-state index in [9.17, 15) is 4.79 Å². The van der Waals surface area contributed by atoms with Gasteiger partial charge in [0.25, 0.3) is 0 Å². The summed E-state index contributed by atoms with van der Waals surface area (Å²) >= 11 is 0. The molecule has 0 aliphatic carbocycles. The predicted molar refractivity (Wildman–Crippen MR) is 25.4 cm³/mol. The van der Waals surface area contributed by atoms with Gasteiger partial charge in [-0.05, 0) is 6.08 Å². The lowest BCUT2D eigenvalue weighted by Crippen LogP contribution is -1.58. The second kappa shape index (κ2) is 4.90. The van der Waals surface area contributed by atoms with E-state index in [1.807, 2.05) is 6.07 Å². The fourth-order valence-corrected chi connectivity index (χ4v) is 0.176. The fraction of sp³-hybridized carbons (Fsp3) is 0.200. The molecule has 0 N–H and O–H groups in total. The van der Waals surface area contributed by atoms with Crippen LogP contribution in [0.5, 0.6) is 0 Å². The Bertz CT molecular complexity index is 110. The van der Waals surface area contributed by atoms with Crippen molar-refractivity contribution < 1.29 is 4.79 Å². The Morgan fingerprint density at radius 2 is 2.43 bits per heavy atom. The summed E-state index contributed by atoms with van der Waals surface area (Å²) in [7, 11) is 0. The number of carbonyl (C=O) groups is 1. The Hall–Kier alpha value is -1.10. The zero-order chi connectivity index (χ0) is 5.54. The molecule has 0 atom stereocenters. The Morgan fingerprint density at radius 3 is 2.86 bits per heavy atom. The van der Waals surface area contributed by atoms with Crippen LogP contribution in [0.25, 0.3) is 0 Å². The minimum Gasteiger partial charge on any atom is -0.299 e. The Labute approximate surface area is 42.1 Å². The zero-order valence-corrected chi connectivity index (χ0v) is 3.79. The van der Waals surface area contributed by atoms with Crippen LogP contribution in [0.2, 0.25) is 0 Å². The lowest BCUT2D eigenvalue weighted by molar-refractivity contribution is -0.104. The van der Waals surface area contributed by atoms with E-state index in [4.69, 9.17) is 5.26 Å². The van der Waals surface area contributed by atoms with Gasteiger partial charge in [-0.15, -0.1) is 0 Å². The Morgan fingerprint density at radius 1 is 1.71 bits per heavy atom. The molecular weight excluding hydrogens is 90.1 g/mol. The standard InChI is InChI=1S/C5H5NO/c6-4-2-1-3-5-7/h1,3,5H,2H2/b3-1+. The molecule has 0 rings (SSSR count). The molecule has 0 aliphatic heterocycles. The summed E-state index contributed by atoms with van der Waals surface area (Å²) in [6, 6.07) is 1.86. The fourth-order valence-electron chi connectivity index (χ4n) is 0.176. The van der Waals surface area contributed by atoms with Crippen LogP contribution in [0.15, 0.2) is 12.2 Å². The summed E-state index contributed by atoms with van der Waals surface area (Å²) in [6.45, 7) is 0.